The number of carboxylic acids is 1. The Morgan fingerprint density at radius 2 is 1.54 bits per heavy atom. The molecule has 0 fully saturated rings. The first-order chi connectivity index (χ1) is 16.9. The second-order valence-electron chi connectivity index (χ2n) is 8.31. The predicted molar refractivity (Wildman–Crippen MR) is 134 cm³/mol. The maximum absolute atomic E-state index is 12.4. The molecule has 1 aliphatic carbocycles. The number of carbonyl (C=O) groups is 3. The van der Waals surface area contributed by atoms with Crippen molar-refractivity contribution in [3.8, 4) is 11.1 Å². The zero-order valence-corrected chi connectivity index (χ0v) is 19.3. The molecular formula is C28H26N2O5. The first kappa shape index (κ1) is 23.8. The fourth-order valence-corrected chi connectivity index (χ4v) is 4.10. The van der Waals surface area contributed by atoms with Crippen molar-refractivity contribution < 1.29 is 24.2 Å². The van der Waals surface area contributed by atoms with Crippen LogP contribution in [0, 0.1) is 0 Å². The van der Waals surface area contributed by atoms with E-state index in [1.165, 1.54) is 22.1 Å². The van der Waals surface area contributed by atoms with Crippen LogP contribution in [0.15, 0.2) is 78.9 Å². The Morgan fingerprint density at radius 3 is 2.14 bits per heavy atom. The highest BCUT2D eigenvalue weighted by atomic mass is 16.5. The van der Waals surface area contributed by atoms with Crippen LogP contribution in [0.4, 0.5) is 10.5 Å². The van der Waals surface area contributed by atoms with Gasteiger partial charge in [0.05, 0.1) is 6.42 Å². The molecule has 0 bridgehead atoms. The molecule has 2 N–H and O–H groups in total. The summed E-state index contributed by atoms with van der Waals surface area (Å²) in [7, 11) is 1.55. The predicted octanol–water partition coefficient (Wildman–Crippen LogP) is 4.99. The van der Waals surface area contributed by atoms with Crippen LogP contribution >= 0.6 is 0 Å². The van der Waals surface area contributed by atoms with Crippen molar-refractivity contribution >= 4 is 29.7 Å². The third-order valence-electron chi connectivity index (χ3n) is 5.96. The number of hydrogen-bond acceptors (Lipinski definition) is 4. The summed E-state index contributed by atoms with van der Waals surface area (Å²) in [6, 6.07) is 23.3. The number of benzene rings is 3. The highest BCUT2D eigenvalue weighted by Crippen LogP contribution is 2.44. The molecule has 0 atom stereocenters. The molecule has 0 saturated heterocycles. The van der Waals surface area contributed by atoms with E-state index >= 15 is 0 Å². The standard InChI is InChI=1S/C28H26N2O5/c1-30(17-16-27(32)33)26(31)15-12-19-10-13-20(14-11-19)29-28(34)35-18-25-23-8-4-2-6-21(23)22-7-3-5-9-24(22)25/h2-15,25H,16-18H2,1H3,(H,29,34)(H,32,33)/b15-12+. The number of rotatable bonds is 8. The lowest BCUT2D eigenvalue weighted by Crippen LogP contribution is -2.27. The number of nitrogens with zero attached hydrogens (tertiary/aromatic N) is 1. The van der Waals surface area contributed by atoms with E-state index < -0.39 is 12.1 Å². The number of carbonyl (C=O) groups excluding carboxylic acids is 2. The molecular weight excluding hydrogens is 444 g/mol. The lowest BCUT2D eigenvalue weighted by molar-refractivity contribution is -0.137. The zero-order valence-electron chi connectivity index (χ0n) is 19.3. The lowest BCUT2D eigenvalue weighted by Gasteiger charge is -2.14. The van der Waals surface area contributed by atoms with Crippen LogP contribution in [0.5, 0.6) is 0 Å². The van der Waals surface area contributed by atoms with Crippen LogP contribution in [0.1, 0.15) is 29.0 Å². The van der Waals surface area contributed by atoms with Crippen LogP contribution in [0.3, 0.4) is 0 Å². The number of carboxylic acid groups (broad SMARTS) is 1. The summed E-state index contributed by atoms with van der Waals surface area (Å²) in [6.07, 6.45) is 2.38. The minimum atomic E-state index is -0.951. The van der Waals surface area contributed by atoms with E-state index in [2.05, 4.69) is 29.6 Å². The third-order valence-corrected chi connectivity index (χ3v) is 5.96. The van der Waals surface area contributed by atoms with E-state index in [0.717, 1.165) is 16.7 Å². The van der Waals surface area contributed by atoms with Crippen LogP contribution in [0.25, 0.3) is 17.2 Å². The van der Waals surface area contributed by atoms with Crippen LogP contribution in [0.2, 0.25) is 0 Å². The second-order valence-corrected chi connectivity index (χ2v) is 8.31. The number of likely N-dealkylation sites (N-methyl/N-ethyl adjacent to an activating group) is 1. The molecule has 4 rings (SSSR count). The highest BCUT2D eigenvalue weighted by Gasteiger charge is 2.28. The Labute approximate surface area is 203 Å². The molecule has 7 nitrogen and oxygen atoms in total. The van der Waals surface area contributed by atoms with Gasteiger partial charge in [-0.3, -0.25) is 14.9 Å². The van der Waals surface area contributed by atoms with Crippen LogP contribution in [-0.2, 0) is 14.3 Å². The molecule has 1 aliphatic rings. The summed E-state index contributed by atoms with van der Waals surface area (Å²) in [5, 5.41) is 11.4. The van der Waals surface area contributed by atoms with E-state index in [-0.39, 0.29) is 31.4 Å². The molecule has 2 amide bonds. The number of ether oxygens (including phenoxy) is 1. The van der Waals surface area contributed by atoms with Gasteiger partial charge in [-0.15, -0.1) is 0 Å². The van der Waals surface area contributed by atoms with Gasteiger partial charge in [-0.05, 0) is 46.0 Å². The first-order valence-corrected chi connectivity index (χ1v) is 11.3. The minimum absolute atomic E-state index is 0.00756. The topological polar surface area (TPSA) is 95.9 Å². The van der Waals surface area contributed by atoms with Gasteiger partial charge in [-0.1, -0.05) is 60.7 Å². The molecule has 7 heteroatoms. The molecule has 0 saturated carbocycles. The van der Waals surface area contributed by atoms with Gasteiger partial charge in [0.25, 0.3) is 0 Å². The smallest absolute Gasteiger partial charge is 0.411 e. The highest BCUT2D eigenvalue weighted by molar-refractivity contribution is 5.92. The number of aliphatic carboxylic acids is 1. The van der Waals surface area contributed by atoms with Gasteiger partial charge in [0, 0.05) is 31.3 Å². The average molecular weight is 471 g/mol. The molecule has 0 aliphatic heterocycles. The fraction of sp³-hybridized carbons (Fsp3) is 0.179. The van der Waals surface area contributed by atoms with E-state index in [1.807, 2.05) is 24.3 Å². The fourth-order valence-electron chi connectivity index (χ4n) is 4.10. The number of anilines is 1. The van der Waals surface area contributed by atoms with Crippen molar-refractivity contribution in [1.29, 1.82) is 0 Å². The summed E-state index contributed by atoms with van der Waals surface area (Å²) in [5.41, 5.74) is 5.99. The summed E-state index contributed by atoms with van der Waals surface area (Å²) in [4.78, 5) is 36.5. The summed E-state index contributed by atoms with van der Waals surface area (Å²) in [6.45, 7) is 0.375. The Balaban J connectivity index is 1.31. The monoisotopic (exact) mass is 470 g/mol. The van der Waals surface area contributed by atoms with Crippen molar-refractivity contribution in [1.82, 2.24) is 4.90 Å². The molecule has 3 aromatic rings. The zero-order chi connectivity index (χ0) is 24.8. The van der Waals surface area contributed by atoms with E-state index in [1.54, 1.807) is 37.4 Å². The van der Waals surface area contributed by atoms with Gasteiger partial charge in [0.15, 0.2) is 0 Å². The SMILES string of the molecule is CN(CCC(=O)O)C(=O)/C=C/c1ccc(NC(=O)OCC2c3ccccc3-c3ccccc32)cc1. The molecule has 3 aromatic carbocycles. The number of nitrogens with one attached hydrogen (secondary N) is 1. The van der Waals surface area contributed by atoms with Crippen LogP contribution in [-0.4, -0.2) is 48.2 Å². The maximum Gasteiger partial charge on any atom is 0.411 e. The average Bonchev–Trinajstić information content (AvgIpc) is 3.19. The molecule has 0 unspecified atom stereocenters. The summed E-state index contributed by atoms with van der Waals surface area (Å²) in [5.74, 6) is -1.24. The Hall–Kier alpha value is -4.39. The van der Waals surface area contributed by atoms with Gasteiger partial charge >= 0.3 is 12.1 Å². The number of fused-ring (bicyclic) bond motifs is 3. The number of hydrogen-bond donors (Lipinski definition) is 2. The molecule has 0 radical (unpaired) electrons. The van der Waals surface area contributed by atoms with Crippen molar-refractivity contribution in [3.05, 3.63) is 95.6 Å². The van der Waals surface area contributed by atoms with Crippen LogP contribution < -0.4 is 5.32 Å². The quantitative estimate of drug-likeness (QED) is 0.452. The van der Waals surface area contributed by atoms with Gasteiger partial charge in [0.1, 0.15) is 6.61 Å². The van der Waals surface area contributed by atoms with Gasteiger partial charge in [0.2, 0.25) is 5.91 Å². The molecule has 0 spiro atoms. The molecule has 178 valence electrons. The molecule has 0 aromatic heterocycles. The molecule has 35 heavy (non-hydrogen) atoms. The lowest BCUT2D eigenvalue weighted by atomic mass is 9.98. The number of amides is 2. The Bertz CT molecular complexity index is 1220. The largest absolute Gasteiger partial charge is 0.481 e. The Kier molecular flexibility index (Phi) is 7.26. The second kappa shape index (κ2) is 10.7. The first-order valence-electron chi connectivity index (χ1n) is 11.3. The maximum atomic E-state index is 12.4. The van der Waals surface area contributed by atoms with Gasteiger partial charge < -0.3 is 14.7 Å². The van der Waals surface area contributed by atoms with E-state index in [0.29, 0.717) is 5.69 Å². The van der Waals surface area contributed by atoms with Crippen molar-refractivity contribution in [2.24, 2.45) is 0 Å². The normalized spacial score (nSPS) is 12.1. The van der Waals surface area contributed by atoms with E-state index in [4.69, 9.17) is 9.84 Å². The van der Waals surface area contributed by atoms with Gasteiger partial charge in [-0.25, -0.2) is 4.79 Å². The molecule has 0 heterocycles. The van der Waals surface area contributed by atoms with Crippen molar-refractivity contribution in [2.75, 3.05) is 25.5 Å². The third kappa shape index (κ3) is 5.76. The van der Waals surface area contributed by atoms with Crippen molar-refractivity contribution in [3.63, 3.8) is 0 Å². The Morgan fingerprint density at radius 1 is 0.943 bits per heavy atom. The summed E-state index contributed by atoms with van der Waals surface area (Å²) < 4.78 is 5.56. The van der Waals surface area contributed by atoms with Gasteiger partial charge in [-0.2, -0.15) is 0 Å². The van der Waals surface area contributed by atoms with Crippen molar-refractivity contribution in [2.45, 2.75) is 12.3 Å². The summed E-state index contributed by atoms with van der Waals surface area (Å²) >= 11 is 0. The minimum Gasteiger partial charge on any atom is -0.481 e. The van der Waals surface area contributed by atoms with E-state index in [9.17, 15) is 14.4 Å².